The second-order valence-corrected chi connectivity index (χ2v) is 8.40. The van der Waals surface area contributed by atoms with Crippen molar-refractivity contribution in [3.8, 4) is 0 Å². The fourth-order valence-corrected chi connectivity index (χ4v) is 3.40. The van der Waals surface area contributed by atoms with Gasteiger partial charge in [0.25, 0.3) is 15.7 Å². The summed E-state index contributed by atoms with van der Waals surface area (Å²) in [6.45, 7) is 4.30. The normalized spacial score (nSPS) is 21.8. The highest BCUT2D eigenvalue weighted by Crippen LogP contribution is 2.33. The van der Waals surface area contributed by atoms with Crippen molar-refractivity contribution in [3.63, 3.8) is 0 Å². The number of nitrogens with zero attached hydrogens (tertiary/aromatic N) is 1. The van der Waals surface area contributed by atoms with E-state index >= 15 is 0 Å². The average Bonchev–Trinajstić information content (AvgIpc) is 3.00. The summed E-state index contributed by atoms with van der Waals surface area (Å²) in [7, 11) is -4.06. The molecule has 0 bridgehead atoms. The fourth-order valence-electron chi connectivity index (χ4n) is 3.00. The summed E-state index contributed by atoms with van der Waals surface area (Å²) < 4.78 is 37.3. The zero-order valence-corrected chi connectivity index (χ0v) is 15.9. The summed E-state index contributed by atoms with van der Waals surface area (Å²) in [5.41, 5.74) is -0.654. The molecule has 0 amide bonds. The standard InChI is InChI=1S/C16H27N3O6S/c1-3-11(2)8-12-4-5-14(25-12)13-9-19(16(21)18-15(13)20)10-17-6-7-26(22,23)24/h9,11-12,14,17H,3-8,10H2,1-2H3,(H,18,20,21)(H,22,23,24)/t11?,12?,14-/m1/s1. The van der Waals surface area contributed by atoms with Crippen molar-refractivity contribution in [1.82, 2.24) is 14.9 Å². The van der Waals surface area contributed by atoms with Crippen molar-refractivity contribution in [3.05, 3.63) is 32.6 Å². The SMILES string of the molecule is CCC(C)CC1CC[C@H](c2cn(CNCCS(=O)(=O)O)c(=O)[nH]c2=O)O1. The van der Waals surface area contributed by atoms with Gasteiger partial charge in [0.15, 0.2) is 0 Å². The van der Waals surface area contributed by atoms with Gasteiger partial charge in [0, 0.05) is 12.7 Å². The van der Waals surface area contributed by atoms with E-state index in [4.69, 9.17) is 9.29 Å². The van der Waals surface area contributed by atoms with Crippen molar-refractivity contribution in [2.75, 3.05) is 12.3 Å². The molecule has 0 spiro atoms. The first-order valence-electron chi connectivity index (χ1n) is 8.84. The van der Waals surface area contributed by atoms with Gasteiger partial charge in [-0.15, -0.1) is 0 Å². The van der Waals surface area contributed by atoms with E-state index in [1.54, 1.807) is 0 Å². The monoisotopic (exact) mass is 389 g/mol. The maximum Gasteiger partial charge on any atom is 0.329 e. The van der Waals surface area contributed by atoms with Crippen LogP contribution in [-0.2, 0) is 21.5 Å². The molecule has 1 aromatic rings. The lowest BCUT2D eigenvalue weighted by molar-refractivity contribution is 0.0304. The summed E-state index contributed by atoms with van der Waals surface area (Å²) >= 11 is 0. The molecular weight excluding hydrogens is 362 g/mol. The third-order valence-corrected chi connectivity index (χ3v) is 5.39. The van der Waals surface area contributed by atoms with E-state index in [1.165, 1.54) is 10.8 Å². The predicted octanol–water partition coefficient (Wildman–Crippen LogP) is 0.628. The first-order valence-corrected chi connectivity index (χ1v) is 10.5. The van der Waals surface area contributed by atoms with Crippen molar-refractivity contribution in [2.24, 2.45) is 5.92 Å². The van der Waals surface area contributed by atoms with E-state index in [0.717, 1.165) is 25.7 Å². The summed E-state index contributed by atoms with van der Waals surface area (Å²) in [4.78, 5) is 26.3. The molecule has 1 aliphatic rings. The van der Waals surface area contributed by atoms with Crippen LogP contribution in [0.1, 0.15) is 51.2 Å². The lowest BCUT2D eigenvalue weighted by Crippen LogP contribution is -2.37. The van der Waals surface area contributed by atoms with Gasteiger partial charge < -0.3 is 4.74 Å². The first kappa shape index (κ1) is 20.8. The molecule has 148 valence electrons. The Morgan fingerprint density at radius 3 is 2.81 bits per heavy atom. The summed E-state index contributed by atoms with van der Waals surface area (Å²) in [6, 6.07) is 0. The second kappa shape index (κ2) is 8.94. The number of aromatic amines is 1. The molecule has 0 radical (unpaired) electrons. The van der Waals surface area contributed by atoms with Gasteiger partial charge >= 0.3 is 5.69 Å². The summed E-state index contributed by atoms with van der Waals surface area (Å²) in [5, 5.41) is 2.74. The number of hydrogen-bond donors (Lipinski definition) is 3. The number of ether oxygens (including phenoxy) is 1. The van der Waals surface area contributed by atoms with E-state index in [2.05, 4.69) is 24.1 Å². The van der Waals surface area contributed by atoms with Gasteiger partial charge in [-0.2, -0.15) is 8.42 Å². The Balaban J connectivity index is 2.03. The molecule has 0 aliphatic carbocycles. The van der Waals surface area contributed by atoms with Gasteiger partial charge in [0.2, 0.25) is 0 Å². The molecule has 0 aromatic carbocycles. The maximum absolute atomic E-state index is 12.1. The lowest BCUT2D eigenvalue weighted by Gasteiger charge is -2.17. The minimum Gasteiger partial charge on any atom is -0.370 e. The van der Waals surface area contributed by atoms with Crippen LogP contribution >= 0.6 is 0 Å². The number of nitrogens with one attached hydrogen (secondary N) is 2. The summed E-state index contributed by atoms with van der Waals surface area (Å²) in [6.07, 6.45) is 4.84. The molecule has 9 nitrogen and oxygen atoms in total. The van der Waals surface area contributed by atoms with E-state index < -0.39 is 27.1 Å². The number of aromatic nitrogens is 2. The Labute approximate surface area is 152 Å². The van der Waals surface area contributed by atoms with Crippen molar-refractivity contribution in [1.29, 1.82) is 0 Å². The quantitative estimate of drug-likeness (QED) is 0.417. The summed E-state index contributed by atoms with van der Waals surface area (Å²) in [5.74, 6) is 0.0963. The minimum atomic E-state index is -4.06. The molecule has 3 atom stereocenters. The van der Waals surface area contributed by atoms with Crippen molar-refractivity contribution >= 4 is 10.1 Å². The number of rotatable bonds is 9. The molecule has 1 saturated heterocycles. The van der Waals surface area contributed by atoms with Crippen LogP contribution in [0.5, 0.6) is 0 Å². The van der Waals surface area contributed by atoms with Crippen LogP contribution in [0.2, 0.25) is 0 Å². The van der Waals surface area contributed by atoms with Crippen LogP contribution in [0.25, 0.3) is 0 Å². The predicted molar refractivity (Wildman–Crippen MR) is 96.7 cm³/mol. The molecule has 26 heavy (non-hydrogen) atoms. The molecule has 1 aromatic heterocycles. The molecule has 1 aliphatic heterocycles. The molecule has 2 unspecified atom stereocenters. The number of H-pyrrole nitrogens is 1. The topological polar surface area (TPSA) is 130 Å². The molecule has 10 heteroatoms. The molecule has 0 saturated carbocycles. The van der Waals surface area contributed by atoms with Gasteiger partial charge in [-0.3, -0.25) is 24.2 Å². The Morgan fingerprint density at radius 2 is 2.15 bits per heavy atom. The molecular formula is C16H27N3O6S. The van der Waals surface area contributed by atoms with Crippen LogP contribution in [0.4, 0.5) is 0 Å². The second-order valence-electron chi connectivity index (χ2n) is 6.83. The Kier molecular flexibility index (Phi) is 7.16. The lowest BCUT2D eigenvalue weighted by atomic mass is 9.99. The van der Waals surface area contributed by atoms with Gasteiger partial charge in [0.05, 0.1) is 30.2 Å². The Morgan fingerprint density at radius 1 is 1.42 bits per heavy atom. The highest BCUT2D eigenvalue weighted by molar-refractivity contribution is 7.85. The largest absolute Gasteiger partial charge is 0.370 e. The highest BCUT2D eigenvalue weighted by atomic mass is 32.2. The van der Waals surface area contributed by atoms with Crippen molar-refractivity contribution < 1.29 is 17.7 Å². The highest BCUT2D eigenvalue weighted by Gasteiger charge is 2.29. The average molecular weight is 389 g/mol. The fraction of sp³-hybridized carbons (Fsp3) is 0.750. The van der Waals surface area contributed by atoms with Gasteiger partial charge in [0.1, 0.15) is 0 Å². The third-order valence-electron chi connectivity index (χ3n) is 4.67. The van der Waals surface area contributed by atoms with Crippen LogP contribution in [0, 0.1) is 5.92 Å². The molecule has 2 heterocycles. The Hall–Kier alpha value is -1.49. The first-order chi connectivity index (χ1) is 12.2. The van der Waals surface area contributed by atoms with Gasteiger partial charge in [-0.05, 0) is 25.2 Å². The maximum atomic E-state index is 12.1. The smallest absolute Gasteiger partial charge is 0.329 e. The van der Waals surface area contributed by atoms with Gasteiger partial charge in [-0.1, -0.05) is 20.3 Å². The van der Waals surface area contributed by atoms with E-state index in [9.17, 15) is 18.0 Å². The minimum absolute atomic E-state index is 0.0150. The zero-order chi connectivity index (χ0) is 19.3. The Bertz CT molecular complexity index is 816. The van der Waals surface area contributed by atoms with E-state index in [0.29, 0.717) is 11.5 Å². The molecule has 2 rings (SSSR count). The van der Waals surface area contributed by atoms with Crippen LogP contribution < -0.4 is 16.6 Å². The van der Waals surface area contributed by atoms with Crippen LogP contribution in [0.3, 0.4) is 0 Å². The number of hydrogen-bond acceptors (Lipinski definition) is 6. The van der Waals surface area contributed by atoms with Crippen molar-refractivity contribution in [2.45, 2.75) is 58.4 Å². The van der Waals surface area contributed by atoms with Gasteiger partial charge in [-0.25, -0.2) is 4.79 Å². The zero-order valence-electron chi connectivity index (χ0n) is 15.1. The van der Waals surface area contributed by atoms with Crippen LogP contribution in [-0.4, -0.2) is 40.9 Å². The van der Waals surface area contributed by atoms with E-state index in [-0.39, 0.29) is 25.4 Å². The van der Waals surface area contributed by atoms with Crippen LogP contribution in [0.15, 0.2) is 15.8 Å². The molecule has 1 fully saturated rings. The van der Waals surface area contributed by atoms with E-state index in [1.807, 2.05) is 0 Å². The third kappa shape index (κ3) is 6.04. The molecule has 3 N–H and O–H groups in total.